The zero-order chi connectivity index (χ0) is 54.5. The molecule has 59 heavy (non-hydrogen) atoms. The van der Waals surface area contributed by atoms with Gasteiger partial charge in [0.15, 0.2) is 0 Å². The van der Waals surface area contributed by atoms with Crippen molar-refractivity contribution in [3.05, 3.63) is 211 Å². The second-order valence-corrected chi connectivity index (χ2v) is 13.9. The Morgan fingerprint density at radius 3 is 1.93 bits per heavy atom. The van der Waals surface area contributed by atoms with E-state index in [1.165, 1.54) is 0 Å². The number of hydrogen-bond donors (Lipinski definition) is 0. The highest BCUT2D eigenvalue weighted by Crippen LogP contribution is 2.39. The van der Waals surface area contributed by atoms with E-state index in [1.54, 1.807) is 12.1 Å². The van der Waals surface area contributed by atoms with Crippen LogP contribution in [0.4, 0.5) is 0 Å². The maximum Gasteiger partial charge on any atom is 0.136 e. The van der Waals surface area contributed by atoms with Gasteiger partial charge in [-0.2, -0.15) is 0 Å². The van der Waals surface area contributed by atoms with Gasteiger partial charge in [0.05, 0.1) is 58.1 Å². The molecule has 0 aliphatic heterocycles. The molecule has 0 N–H and O–H groups in total. The Balaban J connectivity index is 1.08. The number of benzene rings is 9. The van der Waals surface area contributed by atoms with E-state index in [0.29, 0.717) is 39.2 Å². The van der Waals surface area contributed by atoms with Crippen LogP contribution in [0.1, 0.15) is 35.9 Å². The van der Waals surface area contributed by atoms with Crippen molar-refractivity contribution in [2.75, 3.05) is 0 Å². The summed E-state index contributed by atoms with van der Waals surface area (Å²) in [6, 6.07) is 14.4. The van der Waals surface area contributed by atoms with Gasteiger partial charge in [-0.25, -0.2) is 9.97 Å². The molecule has 0 atom stereocenters. The van der Waals surface area contributed by atoms with Gasteiger partial charge in [0.2, 0.25) is 0 Å². The Morgan fingerprint density at radius 2 is 1.14 bits per heavy atom. The lowest BCUT2D eigenvalue weighted by molar-refractivity contribution is 0.669. The topological polar surface area (TPSA) is 43.9 Å². The molecule has 12 aromatic rings. The number of furan rings is 1. The van der Waals surface area contributed by atoms with Crippen LogP contribution in [-0.2, 0) is 6.42 Å². The van der Waals surface area contributed by atoms with Crippen LogP contribution in [0, 0.1) is 0 Å². The number of fused-ring (bicyclic) bond motifs is 8. The first-order chi connectivity index (χ1) is 36.7. The van der Waals surface area contributed by atoms with E-state index in [0.717, 1.165) is 20.9 Å². The van der Waals surface area contributed by atoms with Gasteiger partial charge in [-0.15, -0.1) is 0 Å². The first-order valence-corrected chi connectivity index (χ1v) is 18.7. The van der Waals surface area contributed by atoms with E-state index < -0.39 is 147 Å². The second kappa shape index (κ2) is 13.4. The molecule has 0 unspecified atom stereocenters. The Hall–Kier alpha value is -7.82. The summed E-state index contributed by atoms with van der Waals surface area (Å²) in [4.78, 5) is 10.1. The fraction of sp³-hybridized carbons (Fsp3) is 0.0182. The summed E-state index contributed by atoms with van der Waals surface area (Å²) in [6.45, 7) is 0. The van der Waals surface area contributed by atoms with E-state index in [4.69, 9.17) is 25.4 Å². The maximum absolute atomic E-state index is 9.51. The van der Waals surface area contributed by atoms with Crippen LogP contribution in [-0.4, -0.2) is 14.5 Å². The van der Waals surface area contributed by atoms with Gasteiger partial charge < -0.3 is 8.98 Å². The third-order valence-electron chi connectivity index (χ3n) is 10.4. The summed E-state index contributed by atoms with van der Waals surface area (Å²) < 4.78 is 171. The molecule has 0 radical (unpaired) electrons. The fourth-order valence-corrected chi connectivity index (χ4v) is 7.72. The van der Waals surface area contributed by atoms with E-state index in [9.17, 15) is 13.7 Å². The predicted molar refractivity (Wildman–Crippen MR) is 244 cm³/mol. The molecule has 3 heterocycles. The summed E-state index contributed by atoms with van der Waals surface area (Å²) in [5.41, 5.74) is 2.20. The van der Waals surface area contributed by atoms with Crippen molar-refractivity contribution in [3.63, 3.8) is 0 Å². The fourth-order valence-electron chi connectivity index (χ4n) is 7.72. The molecular weight excluding hydrogens is 719 g/mol. The molecule has 0 saturated heterocycles. The molecule has 0 saturated carbocycles. The molecule has 0 aliphatic carbocycles. The normalized spacial score (nSPS) is 16.1. The molecule has 9 aromatic carbocycles. The molecule has 4 nitrogen and oxygen atoms in total. The zero-order valence-corrected chi connectivity index (χ0v) is 30.6. The Kier molecular flexibility index (Phi) is 4.55. The monoisotopic (exact) mass is 771 g/mol. The number of aromatic nitrogens is 3. The summed E-state index contributed by atoms with van der Waals surface area (Å²) in [6.07, 6.45) is 0.184. The predicted octanol–water partition coefficient (Wildman–Crippen LogP) is 14.4. The van der Waals surface area contributed by atoms with Crippen LogP contribution < -0.4 is 0 Å². The average molecular weight is 772 g/mol. The second-order valence-electron chi connectivity index (χ2n) is 13.9. The van der Waals surface area contributed by atoms with Crippen molar-refractivity contribution in [3.8, 4) is 39.2 Å². The SMILES string of the molecule is [2H]c1c([2H])c(-c2c([2H])c([2H])c(-n3c4c([2H])c([2H])c([2H])c([2H])c4c4c([2H])c5c([2H])c([2H])c([2H])c([2H])c5c([2H])c43)c([2H])c2[2H])c([2H])c([2H])c1-c1cc(Cc2nc3ccccc3nc2-c2ccccc2)c2c(c1)oc1ccccc12. The Labute approximate surface area is 365 Å². The van der Waals surface area contributed by atoms with Gasteiger partial charge >= 0.3 is 0 Å². The number of para-hydroxylation sites is 4. The average Bonchev–Trinajstić information content (AvgIpc) is 4.07. The maximum atomic E-state index is 9.51. The van der Waals surface area contributed by atoms with E-state index in [-0.39, 0.29) is 28.3 Å². The van der Waals surface area contributed by atoms with Gasteiger partial charge in [-0.3, -0.25) is 0 Å². The van der Waals surface area contributed by atoms with Crippen molar-refractivity contribution in [2.45, 2.75) is 6.42 Å². The number of hydrogen-bond acceptors (Lipinski definition) is 3. The highest BCUT2D eigenvalue weighted by atomic mass is 16.3. The molecule has 12 rings (SSSR count). The Morgan fingerprint density at radius 1 is 0.492 bits per heavy atom. The van der Waals surface area contributed by atoms with Crippen molar-refractivity contribution in [1.29, 1.82) is 0 Å². The standard InChI is InChI=1S/C55H35N3O/c1-2-12-38(13-3-1)55-49(56-47-18-8-9-19-48(47)57-55)32-42-30-41(34-53-54(42)45-17-7-11-21-52(45)59-53)37-24-22-35(23-25-37)36-26-28-43(29-27-36)58-50-20-10-6-16-44(50)46-31-39-14-4-5-15-40(39)33-51(46)58/h1-31,33-34H,32H2/i4D,5D,6D,10D,14D,15D,16D,20D,22D,23D,24D,25D,26D,27D,28D,29D,31D,33D. The van der Waals surface area contributed by atoms with Gasteiger partial charge in [0.1, 0.15) is 11.2 Å². The van der Waals surface area contributed by atoms with Crippen LogP contribution in [0.2, 0.25) is 0 Å². The smallest absolute Gasteiger partial charge is 0.136 e. The largest absolute Gasteiger partial charge is 0.456 e. The molecular formula is C55H35N3O. The summed E-state index contributed by atoms with van der Waals surface area (Å²) in [7, 11) is 0. The molecule has 0 spiro atoms. The zero-order valence-electron chi connectivity index (χ0n) is 48.6. The minimum atomic E-state index is -0.902. The summed E-state index contributed by atoms with van der Waals surface area (Å²) in [5.74, 6) is 0. The highest BCUT2D eigenvalue weighted by Gasteiger charge is 2.19. The molecule has 4 heteroatoms. The van der Waals surface area contributed by atoms with Gasteiger partial charge in [0.25, 0.3) is 0 Å². The Bertz CT molecular complexity index is 4590. The molecule has 0 aliphatic rings. The van der Waals surface area contributed by atoms with E-state index >= 15 is 0 Å². The molecule has 0 amide bonds. The van der Waals surface area contributed by atoms with Gasteiger partial charge in [-0.05, 0) is 99.1 Å². The van der Waals surface area contributed by atoms with Crippen molar-refractivity contribution in [2.24, 2.45) is 0 Å². The van der Waals surface area contributed by atoms with Crippen molar-refractivity contribution < 1.29 is 29.1 Å². The first-order valence-electron chi connectivity index (χ1n) is 27.7. The summed E-state index contributed by atoms with van der Waals surface area (Å²) in [5, 5.41) is -0.150. The minimum Gasteiger partial charge on any atom is -0.456 e. The highest BCUT2D eigenvalue weighted by molar-refractivity contribution is 6.13. The van der Waals surface area contributed by atoms with E-state index in [2.05, 4.69) is 0 Å². The lowest BCUT2D eigenvalue weighted by atomic mass is 9.94. The third-order valence-corrected chi connectivity index (χ3v) is 10.4. The van der Waals surface area contributed by atoms with Crippen LogP contribution in [0.3, 0.4) is 0 Å². The number of rotatable bonds is 6. The van der Waals surface area contributed by atoms with Gasteiger partial charge in [-0.1, -0.05) is 139 Å². The van der Waals surface area contributed by atoms with Crippen LogP contribution in [0.25, 0.3) is 105 Å². The molecule has 276 valence electrons. The lowest BCUT2D eigenvalue weighted by Crippen LogP contribution is -2.01. The van der Waals surface area contributed by atoms with Crippen molar-refractivity contribution in [1.82, 2.24) is 14.5 Å². The van der Waals surface area contributed by atoms with Crippen LogP contribution in [0.5, 0.6) is 0 Å². The third kappa shape index (κ3) is 5.60. The number of nitrogens with zero attached hydrogens (tertiary/aromatic N) is 3. The molecule has 3 aromatic heterocycles. The van der Waals surface area contributed by atoms with Crippen LogP contribution >= 0.6 is 0 Å². The lowest BCUT2D eigenvalue weighted by Gasteiger charge is -2.13. The summed E-state index contributed by atoms with van der Waals surface area (Å²) >= 11 is 0. The van der Waals surface area contributed by atoms with E-state index in [1.807, 2.05) is 78.9 Å². The molecule has 0 fully saturated rings. The van der Waals surface area contributed by atoms with Crippen molar-refractivity contribution >= 4 is 65.6 Å². The van der Waals surface area contributed by atoms with Crippen LogP contribution in [0.15, 0.2) is 204 Å². The first kappa shape index (κ1) is 20.0. The molecule has 0 bridgehead atoms. The van der Waals surface area contributed by atoms with Gasteiger partial charge in [0, 0.05) is 39.2 Å². The minimum absolute atomic E-state index is 0.161. The quantitative estimate of drug-likeness (QED) is 0.169.